The monoisotopic (exact) mass is 350 g/mol. The molecule has 4 rings (SSSR count). The van der Waals surface area contributed by atoms with Crippen LogP contribution in [0.25, 0.3) is 11.4 Å². The minimum Gasteiger partial charge on any atom is -0.376 e. The molecule has 0 bridgehead atoms. The molecule has 0 saturated heterocycles. The molecule has 0 saturated carbocycles. The summed E-state index contributed by atoms with van der Waals surface area (Å²) in [6.45, 7) is 0.838. The molecule has 0 N–H and O–H groups in total. The third kappa shape index (κ3) is 3.44. The highest BCUT2D eigenvalue weighted by molar-refractivity contribution is 5.54. The molecule has 1 aromatic heterocycles. The molecule has 0 fully saturated rings. The molecule has 0 aliphatic heterocycles. The lowest BCUT2D eigenvalue weighted by Crippen LogP contribution is -2.26. The van der Waals surface area contributed by atoms with E-state index in [1.807, 2.05) is 12.1 Å². The Balaban J connectivity index is 1.46. The molecule has 1 heterocycles. The molecule has 1 aliphatic rings. The lowest BCUT2D eigenvalue weighted by molar-refractivity contribution is 0.0548. The molecular formula is C21H19FN2O2. The number of nitrogens with zero attached hydrogens (tertiary/aromatic N) is 2. The van der Waals surface area contributed by atoms with Crippen molar-refractivity contribution < 1.29 is 9.13 Å². The van der Waals surface area contributed by atoms with Crippen LogP contribution in [0.1, 0.15) is 11.1 Å². The van der Waals surface area contributed by atoms with Gasteiger partial charge in [-0.25, -0.2) is 9.37 Å². The average molecular weight is 350 g/mol. The summed E-state index contributed by atoms with van der Waals surface area (Å²) < 4.78 is 20.7. The number of halogens is 1. The van der Waals surface area contributed by atoms with Crippen LogP contribution in [-0.4, -0.2) is 22.3 Å². The second kappa shape index (κ2) is 7.22. The molecular weight excluding hydrogens is 331 g/mol. The van der Waals surface area contributed by atoms with Crippen LogP contribution in [0.2, 0.25) is 0 Å². The van der Waals surface area contributed by atoms with Gasteiger partial charge in [-0.3, -0.25) is 9.36 Å². The Hall–Kier alpha value is -2.79. The highest BCUT2D eigenvalue weighted by atomic mass is 19.1. The minimum atomic E-state index is -0.317. The molecule has 4 nitrogen and oxygen atoms in total. The van der Waals surface area contributed by atoms with Gasteiger partial charge in [0, 0.05) is 17.8 Å². The average Bonchev–Trinajstić information content (AvgIpc) is 3.06. The van der Waals surface area contributed by atoms with Gasteiger partial charge >= 0.3 is 0 Å². The first-order chi connectivity index (χ1) is 12.7. The first kappa shape index (κ1) is 16.7. The highest BCUT2D eigenvalue weighted by Crippen LogP contribution is 2.23. The molecule has 0 atom stereocenters. The van der Waals surface area contributed by atoms with E-state index in [4.69, 9.17) is 4.74 Å². The molecule has 5 heteroatoms. The Morgan fingerprint density at radius 1 is 1.04 bits per heavy atom. The van der Waals surface area contributed by atoms with Gasteiger partial charge in [0.25, 0.3) is 5.56 Å². The smallest absolute Gasteiger partial charge is 0.253 e. The summed E-state index contributed by atoms with van der Waals surface area (Å²) in [5, 5.41) is 0. The van der Waals surface area contributed by atoms with Crippen LogP contribution in [0.4, 0.5) is 4.39 Å². The van der Waals surface area contributed by atoms with Gasteiger partial charge in [0.1, 0.15) is 11.6 Å². The maximum Gasteiger partial charge on any atom is 0.253 e. The van der Waals surface area contributed by atoms with Gasteiger partial charge in [0.15, 0.2) is 0 Å². The van der Waals surface area contributed by atoms with Gasteiger partial charge < -0.3 is 4.74 Å². The quantitative estimate of drug-likeness (QED) is 0.710. The summed E-state index contributed by atoms with van der Waals surface area (Å²) >= 11 is 0. The molecule has 3 aromatic rings. The lowest BCUT2D eigenvalue weighted by Gasteiger charge is -2.14. The molecule has 0 spiro atoms. The van der Waals surface area contributed by atoms with Gasteiger partial charge in [0.2, 0.25) is 0 Å². The number of ether oxygens (including phenoxy) is 1. The first-order valence-electron chi connectivity index (χ1n) is 8.71. The number of rotatable bonds is 5. The number of hydrogen-bond donors (Lipinski definition) is 0. The fourth-order valence-corrected chi connectivity index (χ4v) is 3.43. The van der Waals surface area contributed by atoms with E-state index in [9.17, 15) is 9.18 Å². The van der Waals surface area contributed by atoms with E-state index in [1.54, 1.807) is 16.7 Å². The number of hydrogen-bond acceptors (Lipinski definition) is 3. The zero-order chi connectivity index (χ0) is 17.9. The van der Waals surface area contributed by atoms with Crippen LogP contribution in [0, 0.1) is 5.82 Å². The lowest BCUT2D eigenvalue weighted by atomic mass is 10.1. The topological polar surface area (TPSA) is 44.1 Å². The SMILES string of the molecule is O=c1ccnc(-c2ccc(F)cc2)n1CCOC1Cc2ccccc2C1. The maximum absolute atomic E-state index is 13.2. The van der Waals surface area contributed by atoms with E-state index in [0.717, 1.165) is 12.8 Å². The normalized spacial score (nSPS) is 13.7. The van der Waals surface area contributed by atoms with Crippen molar-refractivity contribution in [3.63, 3.8) is 0 Å². The Labute approximate surface area is 150 Å². The summed E-state index contributed by atoms with van der Waals surface area (Å²) in [7, 11) is 0. The van der Waals surface area contributed by atoms with Gasteiger partial charge in [-0.05, 0) is 48.2 Å². The van der Waals surface area contributed by atoms with Crippen molar-refractivity contribution in [3.8, 4) is 11.4 Å². The van der Waals surface area contributed by atoms with Crippen molar-refractivity contribution in [2.45, 2.75) is 25.5 Å². The largest absolute Gasteiger partial charge is 0.376 e. The molecule has 2 aromatic carbocycles. The third-order valence-electron chi connectivity index (χ3n) is 4.72. The van der Waals surface area contributed by atoms with E-state index in [2.05, 4.69) is 17.1 Å². The number of aromatic nitrogens is 2. The van der Waals surface area contributed by atoms with Crippen LogP contribution in [0.15, 0.2) is 65.6 Å². The van der Waals surface area contributed by atoms with E-state index >= 15 is 0 Å². The summed E-state index contributed by atoms with van der Waals surface area (Å²) in [5.41, 5.74) is 3.24. The fraction of sp³-hybridized carbons (Fsp3) is 0.238. The van der Waals surface area contributed by atoms with Crippen molar-refractivity contribution in [1.82, 2.24) is 9.55 Å². The van der Waals surface area contributed by atoms with E-state index < -0.39 is 0 Å². The molecule has 0 unspecified atom stereocenters. The van der Waals surface area contributed by atoms with Crippen LogP contribution in [-0.2, 0) is 24.1 Å². The van der Waals surface area contributed by atoms with Crippen molar-refractivity contribution >= 4 is 0 Å². The molecule has 1 aliphatic carbocycles. The van der Waals surface area contributed by atoms with Crippen LogP contribution < -0.4 is 5.56 Å². The zero-order valence-electron chi connectivity index (χ0n) is 14.3. The third-order valence-corrected chi connectivity index (χ3v) is 4.72. The van der Waals surface area contributed by atoms with Gasteiger partial charge in [-0.1, -0.05) is 24.3 Å². The second-order valence-electron chi connectivity index (χ2n) is 6.43. The van der Waals surface area contributed by atoms with E-state index in [0.29, 0.717) is 24.5 Å². The van der Waals surface area contributed by atoms with Gasteiger partial charge in [-0.15, -0.1) is 0 Å². The summed E-state index contributed by atoms with van der Waals surface area (Å²) in [4.78, 5) is 16.6. The van der Waals surface area contributed by atoms with Crippen LogP contribution >= 0.6 is 0 Å². The highest BCUT2D eigenvalue weighted by Gasteiger charge is 2.21. The van der Waals surface area contributed by atoms with Crippen LogP contribution in [0.3, 0.4) is 0 Å². The van der Waals surface area contributed by atoms with Gasteiger partial charge in [-0.2, -0.15) is 0 Å². The Kier molecular flexibility index (Phi) is 4.63. The molecule has 132 valence electrons. The molecule has 0 amide bonds. The number of fused-ring (bicyclic) bond motifs is 1. The summed E-state index contributed by atoms with van der Waals surface area (Å²) in [5.74, 6) is 0.207. The van der Waals surface area contributed by atoms with Crippen molar-refractivity contribution in [2.24, 2.45) is 0 Å². The fourth-order valence-electron chi connectivity index (χ4n) is 3.43. The van der Waals surface area contributed by atoms with Crippen molar-refractivity contribution in [3.05, 3.63) is 88.1 Å². The number of benzene rings is 2. The van der Waals surface area contributed by atoms with E-state index in [1.165, 1.54) is 35.5 Å². The molecule has 26 heavy (non-hydrogen) atoms. The Morgan fingerprint density at radius 2 is 1.73 bits per heavy atom. The van der Waals surface area contributed by atoms with E-state index in [-0.39, 0.29) is 17.5 Å². The Morgan fingerprint density at radius 3 is 2.42 bits per heavy atom. The zero-order valence-corrected chi connectivity index (χ0v) is 14.3. The predicted octanol–water partition coefficient (Wildman–Crippen LogP) is 3.23. The van der Waals surface area contributed by atoms with Crippen molar-refractivity contribution in [1.29, 1.82) is 0 Å². The molecule has 0 radical (unpaired) electrons. The predicted molar refractivity (Wildman–Crippen MR) is 97.5 cm³/mol. The summed E-state index contributed by atoms with van der Waals surface area (Å²) in [6, 6.07) is 15.8. The maximum atomic E-state index is 13.2. The first-order valence-corrected chi connectivity index (χ1v) is 8.71. The second-order valence-corrected chi connectivity index (χ2v) is 6.43. The van der Waals surface area contributed by atoms with Crippen molar-refractivity contribution in [2.75, 3.05) is 6.61 Å². The van der Waals surface area contributed by atoms with Crippen LogP contribution in [0.5, 0.6) is 0 Å². The Bertz CT molecular complexity index is 941. The minimum absolute atomic E-state index is 0.141. The van der Waals surface area contributed by atoms with Gasteiger partial charge in [0.05, 0.1) is 19.3 Å². The summed E-state index contributed by atoms with van der Waals surface area (Å²) in [6.07, 6.45) is 3.44. The standard InChI is InChI=1S/C21H19FN2O2/c22-18-7-5-15(6-8-18)21-23-10-9-20(25)24(21)11-12-26-19-13-16-3-1-2-4-17(16)14-19/h1-10,19H,11-14H2.